The molecule has 2 aromatic carbocycles. The Bertz CT molecular complexity index is 1210. The standard InChI is InChI=1S/C20H19ClN4O4S2/c21-16-6-5-14(31(27,28)25-7-9-29-10-8-25)11-18(16)24-19(26)12-30-20-15-3-1-2-4-17(15)22-13-23-20/h1-6,11,13H,7-10,12H2,(H,24,26). The van der Waals surface area contributed by atoms with Crippen LogP contribution in [0.4, 0.5) is 5.69 Å². The molecule has 0 bridgehead atoms. The van der Waals surface area contributed by atoms with Crippen molar-refractivity contribution >= 4 is 55.9 Å². The van der Waals surface area contributed by atoms with Gasteiger partial charge in [0.25, 0.3) is 0 Å². The van der Waals surface area contributed by atoms with Gasteiger partial charge in [0.2, 0.25) is 15.9 Å². The Balaban J connectivity index is 1.47. The van der Waals surface area contributed by atoms with E-state index in [1.165, 1.54) is 40.6 Å². The number of ether oxygens (including phenoxy) is 1. The molecule has 0 aliphatic carbocycles. The molecule has 0 spiro atoms. The van der Waals surface area contributed by atoms with Crippen LogP contribution in [0.5, 0.6) is 0 Å². The molecule has 8 nitrogen and oxygen atoms in total. The van der Waals surface area contributed by atoms with Crippen molar-refractivity contribution in [2.24, 2.45) is 0 Å². The van der Waals surface area contributed by atoms with Gasteiger partial charge in [-0.25, -0.2) is 18.4 Å². The summed E-state index contributed by atoms with van der Waals surface area (Å²) in [5.74, 6) is -0.242. The number of benzene rings is 2. The molecule has 2 heterocycles. The van der Waals surface area contributed by atoms with E-state index >= 15 is 0 Å². The van der Waals surface area contributed by atoms with Gasteiger partial charge in [-0.3, -0.25) is 4.79 Å². The molecule has 31 heavy (non-hydrogen) atoms. The van der Waals surface area contributed by atoms with Crippen molar-refractivity contribution < 1.29 is 17.9 Å². The third-order valence-electron chi connectivity index (χ3n) is 4.67. The molecule has 0 saturated carbocycles. The van der Waals surface area contributed by atoms with Crippen LogP contribution in [0.25, 0.3) is 10.9 Å². The first kappa shape index (κ1) is 22.0. The van der Waals surface area contributed by atoms with Crippen molar-refractivity contribution in [2.45, 2.75) is 9.92 Å². The number of amides is 1. The number of nitrogens with zero attached hydrogens (tertiary/aromatic N) is 3. The number of aromatic nitrogens is 2. The maximum atomic E-state index is 12.9. The third-order valence-corrected chi connectivity index (χ3v) is 7.90. The molecule has 11 heteroatoms. The third kappa shape index (κ3) is 4.99. The van der Waals surface area contributed by atoms with Crippen LogP contribution in [-0.4, -0.2) is 60.7 Å². The fourth-order valence-corrected chi connectivity index (χ4v) is 5.50. The van der Waals surface area contributed by atoms with E-state index in [1.807, 2.05) is 24.3 Å². The molecule has 0 radical (unpaired) electrons. The van der Waals surface area contributed by atoms with Gasteiger partial charge in [-0.05, 0) is 24.3 Å². The van der Waals surface area contributed by atoms with E-state index in [0.29, 0.717) is 18.2 Å². The number of morpholine rings is 1. The van der Waals surface area contributed by atoms with Crippen LogP contribution in [0.15, 0.2) is 58.7 Å². The highest BCUT2D eigenvalue weighted by Crippen LogP contribution is 2.28. The van der Waals surface area contributed by atoms with Crippen LogP contribution < -0.4 is 5.32 Å². The van der Waals surface area contributed by atoms with Crippen molar-refractivity contribution in [1.82, 2.24) is 14.3 Å². The number of anilines is 1. The van der Waals surface area contributed by atoms with Crippen LogP contribution >= 0.6 is 23.4 Å². The minimum absolute atomic E-state index is 0.0727. The lowest BCUT2D eigenvalue weighted by Crippen LogP contribution is -2.40. The van der Waals surface area contributed by atoms with Gasteiger partial charge < -0.3 is 10.1 Å². The maximum Gasteiger partial charge on any atom is 0.243 e. The average Bonchev–Trinajstić information content (AvgIpc) is 2.79. The van der Waals surface area contributed by atoms with Gasteiger partial charge in [-0.2, -0.15) is 4.31 Å². The lowest BCUT2D eigenvalue weighted by atomic mass is 10.2. The van der Waals surface area contributed by atoms with Crippen LogP contribution in [0.2, 0.25) is 5.02 Å². The number of nitrogens with one attached hydrogen (secondary N) is 1. The number of halogens is 1. The molecule has 0 atom stereocenters. The number of para-hydroxylation sites is 1. The Hall–Kier alpha value is -2.24. The second kappa shape index (κ2) is 9.49. The molecule has 4 rings (SSSR count). The number of carbonyl (C=O) groups excluding carboxylic acids is 1. The highest BCUT2D eigenvalue weighted by molar-refractivity contribution is 8.00. The summed E-state index contributed by atoms with van der Waals surface area (Å²) in [7, 11) is -3.70. The van der Waals surface area contributed by atoms with Gasteiger partial charge in [0.15, 0.2) is 0 Å². The summed E-state index contributed by atoms with van der Waals surface area (Å²) in [4.78, 5) is 21.1. The second-order valence-electron chi connectivity index (χ2n) is 6.69. The molecule has 162 valence electrons. The molecule has 1 aromatic heterocycles. The van der Waals surface area contributed by atoms with Crippen LogP contribution in [-0.2, 0) is 19.6 Å². The molecule has 1 aliphatic rings. The lowest BCUT2D eigenvalue weighted by molar-refractivity contribution is -0.113. The lowest BCUT2D eigenvalue weighted by Gasteiger charge is -2.26. The quantitative estimate of drug-likeness (QED) is 0.429. The van der Waals surface area contributed by atoms with Gasteiger partial charge in [-0.1, -0.05) is 41.6 Å². The summed E-state index contributed by atoms with van der Waals surface area (Å²) in [5, 5.41) is 4.51. The molecular formula is C20H19ClN4O4S2. The molecule has 1 amide bonds. The Morgan fingerprint density at radius 2 is 1.94 bits per heavy atom. The minimum Gasteiger partial charge on any atom is -0.379 e. The first-order valence-electron chi connectivity index (χ1n) is 9.45. The zero-order valence-electron chi connectivity index (χ0n) is 16.3. The Morgan fingerprint density at radius 1 is 1.16 bits per heavy atom. The van der Waals surface area contributed by atoms with Gasteiger partial charge in [-0.15, -0.1) is 0 Å². The number of thioether (sulfide) groups is 1. The minimum atomic E-state index is -3.70. The van der Waals surface area contributed by atoms with E-state index in [-0.39, 0.29) is 40.4 Å². The molecule has 1 saturated heterocycles. The number of carbonyl (C=O) groups is 1. The number of rotatable bonds is 6. The molecule has 3 aromatic rings. The van der Waals surface area contributed by atoms with Crippen LogP contribution in [0, 0.1) is 0 Å². The smallest absolute Gasteiger partial charge is 0.243 e. The first-order valence-corrected chi connectivity index (χ1v) is 12.3. The SMILES string of the molecule is O=C(CSc1ncnc2ccccc12)Nc1cc(S(=O)(=O)N2CCOCC2)ccc1Cl. The normalized spacial score (nSPS) is 15.1. The summed E-state index contributed by atoms with van der Waals surface area (Å²) < 4.78 is 32.3. The molecule has 1 N–H and O–H groups in total. The number of sulfonamides is 1. The summed E-state index contributed by atoms with van der Waals surface area (Å²) >= 11 is 7.47. The fraction of sp³-hybridized carbons (Fsp3) is 0.250. The van der Waals surface area contributed by atoms with E-state index in [4.69, 9.17) is 16.3 Å². The number of hydrogen-bond donors (Lipinski definition) is 1. The Morgan fingerprint density at radius 3 is 2.74 bits per heavy atom. The van der Waals surface area contributed by atoms with Gasteiger partial charge >= 0.3 is 0 Å². The first-order chi connectivity index (χ1) is 14.9. The summed E-state index contributed by atoms with van der Waals surface area (Å²) in [6.07, 6.45) is 1.46. The molecule has 1 fully saturated rings. The van der Waals surface area contributed by atoms with Crippen molar-refractivity contribution in [1.29, 1.82) is 0 Å². The van der Waals surface area contributed by atoms with Crippen LogP contribution in [0.3, 0.4) is 0 Å². The highest BCUT2D eigenvalue weighted by Gasteiger charge is 2.27. The zero-order valence-corrected chi connectivity index (χ0v) is 18.7. The molecule has 0 unspecified atom stereocenters. The van der Waals surface area contributed by atoms with E-state index in [0.717, 1.165) is 10.9 Å². The molecular weight excluding hydrogens is 460 g/mol. The number of fused-ring (bicyclic) bond motifs is 1. The van der Waals surface area contributed by atoms with Crippen molar-refractivity contribution in [3.8, 4) is 0 Å². The summed E-state index contributed by atoms with van der Waals surface area (Å²) in [6.45, 7) is 1.28. The van der Waals surface area contributed by atoms with E-state index in [1.54, 1.807) is 0 Å². The number of hydrogen-bond acceptors (Lipinski definition) is 7. The zero-order chi connectivity index (χ0) is 21.8. The van der Waals surface area contributed by atoms with E-state index in [9.17, 15) is 13.2 Å². The van der Waals surface area contributed by atoms with Gasteiger partial charge in [0, 0.05) is 18.5 Å². The summed E-state index contributed by atoms with van der Waals surface area (Å²) in [6, 6.07) is 11.8. The highest BCUT2D eigenvalue weighted by atomic mass is 35.5. The van der Waals surface area contributed by atoms with E-state index in [2.05, 4.69) is 15.3 Å². The van der Waals surface area contributed by atoms with E-state index < -0.39 is 10.0 Å². The maximum absolute atomic E-state index is 12.9. The Labute approximate surface area is 189 Å². The Kier molecular flexibility index (Phi) is 6.73. The topological polar surface area (TPSA) is 101 Å². The predicted octanol–water partition coefficient (Wildman–Crippen LogP) is 3.03. The van der Waals surface area contributed by atoms with Crippen molar-refractivity contribution in [3.05, 3.63) is 53.8 Å². The van der Waals surface area contributed by atoms with Gasteiger partial charge in [0.1, 0.15) is 11.4 Å². The van der Waals surface area contributed by atoms with Crippen molar-refractivity contribution in [3.63, 3.8) is 0 Å². The van der Waals surface area contributed by atoms with Crippen molar-refractivity contribution in [2.75, 3.05) is 37.4 Å². The summed E-state index contributed by atoms with van der Waals surface area (Å²) in [5.41, 5.74) is 1.04. The monoisotopic (exact) mass is 478 g/mol. The largest absolute Gasteiger partial charge is 0.379 e. The average molecular weight is 479 g/mol. The van der Waals surface area contributed by atoms with Crippen LogP contribution in [0.1, 0.15) is 0 Å². The fourth-order valence-electron chi connectivity index (χ4n) is 3.11. The molecule has 1 aliphatic heterocycles. The predicted molar refractivity (Wildman–Crippen MR) is 120 cm³/mol. The second-order valence-corrected chi connectivity index (χ2v) is 10.0. The van der Waals surface area contributed by atoms with Gasteiger partial charge in [0.05, 0.1) is 40.1 Å².